The fraction of sp³-hybridized carbons (Fsp3) is 0.250. The lowest BCUT2D eigenvalue weighted by molar-refractivity contribution is 1.13. The largest absolute Gasteiger partial charge is 0.378 e. The van der Waals surface area contributed by atoms with Gasteiger partial charge in [-0.25, -0.2) is 0 Å². The maximum atomic E-state index is 2.17. The molecule has 0 aliphatic carbocycles. The Balaban J connectivity index is 2.96. The van der Waals surface area contributed by atoms with Crippen molar-refractivity contribution in [3.63, 3.8) is 0 Å². The Bertz CT molecular complexity index is 220. The number of benzene rings is 1. The van der Waals surface area contributed by atoms with Crippen LogP contribution < -0.4 is 10.4 Å². The van der Waals surface area contributed by atoms with E-state index in [4.69, 9.17) is 0 Å². The SMILES string of the molecule is Bc1cccc(N(C)C)c1. The van der Waals surface area contributed by atoms with Gasteiger partial charge < -0.3 is 4.90 Å². The molecule has 0 aliphatic rings. The van der Waals surface area contributed by atoms with E-state index in [9.17, 15) is 0 Å². The Kier molecular flexibility index (Phi) is 2.00. The lowest BCUT2D eigenvalue weighted by Crippen LogP contribution is -2.11. The molecule has 0 saturated heterocycles. The van der Waals surface area contributed by atoms with Crippen molar-refractivity contribution in [1.82, 2.24) is 0 Å². The van der Waals surface area contributed by atoms with Crippen molar-refractivity contribution in [2.75, 3.05) is 19.0 Å². The monoisotopic (exact) mass is 133 g/mol. The highest BCUT2D eigenvalue weighted by atomic mass is 15.1. The molecular formula is C8H12BN. The van der Waals surface area contributed by atoms with Gasteiger partial charge in [-0.05, 0) is 12.1 Å². The quantitative estimate of drug-likeness (QED) is 0.488. The fourth-order valence-electron chi connectivity index (χ4n) is 0.906. The summed E-state index contributed by atoms with van der Waals surface area (Å²) in [6.07, 6.45) is 0. The zero-order valence-electron chi connectivity index (χ0n) is 6.76. The van der Waals surface area contributed by atoms with E-state index in [1.807, 2.05) is 0 Å². The number of anilines is 1. The maximum absolute atomic E-state index is 2.17. The lowest BCUT2D eigenvalue weighted by Gasteiger charge is -2.12. The van der Waals surface area contributed by atoms with Crippen LogP contribution in [-0.4, -0.2) is 21.9 Å². The van der Waals surface area contributed by atoms with Crippen molar-refractivity contribution in [3.05, 3.63) is 24.3 Å². The Morgan fingerprint density at radius 2 is 2.00 bits per heavy atom. The third-order valence-electron chi connectivity index (χ3n) is 1.52. The standard InChI is InChI=1S/C8H12BN/c1-10(2)8-5-3-4-7(9)6-8/h3-6H,9H2,1-2H3. The highest BCUT2D eigenvalue weighted by Gasteiger charge is 1.91. The van der Waals surface area contributed by atoms with Gasteiger partial charge in [0, 0.05) is 19.8 Å². The molecule has 0 aromatic heterocycles. The Morgan fingerprint density at radius 3 is 2.40 bits per heavy atom. The average Bonchev–Trinajstić information content (AvgIpc) is 1.88. The molecular weight excluding hydrogens is 121 g/mol. The minimum Gasteiger partial charge on any atom is -0.378 e. The van der Waals surface area contributed by atoms with E-state index < -0.39 is 0 Å². The first-order valence-electron chi connectivity index (χ1n) is 3.44. The van der Waals surface area contributed by atoms with Gasteiger partial charge in [0.05, 0.1) is 0 Å². The maximum Gasteiger partial charge on any atom is 0.139 e. The molecule has 0 unspecified atom stereocenters. The minimum atomic E-state index is 1.26. The number of hydrogen-bond acceptors (Lipinski definition) is 1. The predicted octanol–water partition coefficient (Wildman–Crippen LogP) is 0.0110. The number of rotatable bonds is 1. The van der Waals surface area contributed by atoms with E-state index in [1.165, 1.54) is 11.2 Å². The topological polar surface area (TPSA) is 3.24 Å². The summed E-state index contributed by atoms with van der Waals surface area (Å²) in [5, 5.41) is 0. The third kappa shape index (κ3) is 1.53. The van der Waals surface area contributed by atoms with Crippen LogP contribution >= 0.6 is 0 Å². The summed E-state index contributed by atoms with van der Waals surface area (Å²) in [5.41, 5.74) is 2.58. The zero-order chi connectivity index (χ0) is 7.56. The highest BCUT2D eigenvalue weighted by molar-refractivity contribution is 6.32. The molecule has 0 saturated carbocycles. The molecule has 0 aliphatic heterocycles. The van der Waals surface area contributed by atoms with Crippen molar-refractivity contribution in [1.29, 1.82) is 0 Å². The van der Waals surface area contributed by atoms with Gasteiger partial charge in [0.1, 0.15) is 7.85 Å². The number of nitrogens with zero attached hydrogens (tertiary/aromatic N) is 1. The molecule has 0 atom stereocenters. The van der Waals surface area contributed by atoms with Crippen molar-refractivity contribution < 1.29 is 0 Å². The normalized spacial score (nSPS) is 9.40. The fourth-order valence-corrected chi connectivity index (χ4v) is 0.906. The van der Waals surface area contributed by atoms with Crippen molar-refractivity contribution in [2.45, 2.75) is 0 Å². The van der Waals surface area contributed by atoms with Crippen LogP contribution in [0.25, 0.3) is 0 Å². The van der Waals surface area contributed by atoms with E-state index in [2.05, 4.69) is 51.1 Å². The van der Waals surface area contributed by atoms with E-state index in [1.54, 1.807) is 0 Å². The molecule has 2 heteroatoms. The molecule has 0 spiro atoms. The molecule has 0 radical (unpaired) electrons. The van der Waals surface area contributed by atoms with Crippen LogP contribution in [0.5, 0.6) is 0 Å². The highest BCUT2D eigenvalue weighted by Crippen LogP contribution is 2.05. The Labute approximate surface area is 63.1 Å². The van der Waals surface area contributed by atoms with Crippen LogP contribution in [0.4, 0.5) is 5.69 Å². The molecule has 0 amide bonds. The van der Waals surface area contributed by atoms with Gasteiger partial charge in [0.15, 0.2) is 0 Å². The summed E-state index contributed by atoms with van der Waals surface area (Å²) >= 11 is 0. The smallest absolute Gasteiger partial charge is 0.139 e. The predicted molar refractivity (Wildman–Crippen MR) is 48.9 cm³/mol. The van der Waals surface area contributed by atoms with Crippen LogP contribution in [0.1, 0.15) is 0 Å². The summed E-state index contributed by atoms with van der Waals surface area (Å²) in [6.45, 7) is 0. The van der Waals surface area contributed by atoms with Crippen LogP contribution in [0.3, 0.4) is 0 Å². The van der Waals surface area contributed by atoms with Gasteiger partial charge in [-0.2, -0.15) is 0 Å². The van der Waals surface area contributed by atoms with E-state index in [0.717, 1.165) is 0 Å². The van der Waals surface area contributed by atoms with Gasteiger partial charge in [0.2, 0.25) is 0 Å². The van der Waals surface area contributed by atoms with Gasteiger partial charge in [-0.15, -0.1) is 0 Å². The first kappa shape index (κ1) is 7.20. The molecule has 1 rings (SSSR count). The molecule has 1 aromatic carbocycles. The molecule has 0 N–H and O–H groups in total. The third-order valence-corrected chi connectivity index (χ3v) is 1.52. The van der Waals surface area contributed by atoms with Gasteiger partial charge in [-0.3, -0.25) is 0 Å². The lowest BCUT2D eigenvalue weighted by atomic mass is 9.96. The van der Waals surface area contributed by atoms with Crippen LogP contribution in [0.2, 0.25) is 0 Å². The van der Waals surface area contributed by atoms with E-state index >= 15 is 0 Å². The Hall–Kier alpha value is -0.915. The summed E-state index contributed by atoms with van der Waals surface area (Å²) in [5.74, 6) is 0. The first-order chi connectivity index (χ1) is 4.70. The van der Waals surface area contributed by atoms with Crippen molar-refractivity contribution in [2.24, 2.45) is 0 Å². The molecule has 1 aromatic rings. The van der Waals surface area contributed by atoms with Gasteiger partial charge >= 0.3 is 0 Å². The Morgan fingerprint density at radius 1 is 1.30 bits per heavy atom. The second-order valence-electron chi connectivity index (χ2n) is 2.73. The minimum absolute atomic E-state index is 1.26. The summed E-state index contributed by atoms with van der Waals surface area (Å²) < 4.78 is 0. The summed E-state index contributed by atoms with van der Waals surface area (Å²) in [7, 11) is 6.20. The second kappa shape index (κ2) is 2.78. The van der Waals surface area contributed by atoms with Crippen LogP contribution in [0.15, 0.2) is 24.3 Å². The van der Waals surface area contributed by atoms with Crippen LogP contribution in [-0.2, 0) is 0 Å². The molecule has 1 nitrogen and oxygen atoms in total. The molecule has 10 heavy (non-hydrogen) atoms. The van der Waals surface area contributed by atoms with Crippen molar-refractivity contribution in [3.8, 4) is 0 Å². The molecule has 0 heterocycles. The molecule has 0 fully saturated rings. The summed E-state index contributed by atoms with van der Waals surface area (Å²) in [4.78, 5) is 2.10. The average molecular weight is 133 g/mol. The second-order valence-corrected chi connectivity index (χ2v) is 2.73. The summed E-state index contributed by atoms with van der Waals surface area (Å²) in [6, 6.07) is 8.45. The number of hydrogen-bond donors (Lipinski definition) is 0. The first-order valence-corrected chi connectivity index (χ1v) is 3.44. The van der Waals surface area contributed by atoms with Gasteiger partial charge in [0.25, 0.3) is 0 Å². The zero-order valence-corrected chi connectivity index (χ0v) is 6.76. The van der Waals surface area contributed by atoms with Gasteiger partial charge in [-0.1, -0.05) is 17.6 Å². The van der Waals surface area contributed by atoms with Crippen LogP contribution in [0, 0.1) is 0 Å². The molecule has 0 bridgehead atoms. The van der Waals surface area contributed by atoms with E-state index in [0.29, 0.717) is 0 Å². The van der Waals surface area contributed by atoms with Crippen molar-refractivity contribution >= 4 is 19.0 Å². The molecule has 52 valence electrons. The van der Waals surface area contributed by atoms with E-state index in [-0.39, 0.29) is 0 Å².